The van der Waals surface area contributed by atoms with E-state index < -0.39 is 0 Å². The monoisotopic (exact) mass is 320 g/mol. The van der Waals surface area contributed by atoms with Crippen LogP contribution in [0.1, 0.15) is 80.1 Å². The molecule has 4 fully saturated rings. The average molecular weight is 321 g/mol. The Balaban J connectivity index is 1.94. The number of hydrogen-bond donors (Lipinski definition) is 2. The van der Waals surface area contributed by atoms with Crippen molar-refractivity contribution in [3.63, 3.8) is 0 Å². The fourth-order valence-corrected chi connectivity index (χ4v) is 9.41. The molecule has 2 N–H and O–H groups in total. The van der Waals surface area contributed by atoms with Crippen molar-refractivity contribution in [3.8, 4) is 0 Å². The van der Waals surface area contributed by atoms with Crippen LogP contribution in [0.3, 0.4) is 0 Å². The predicted octanol–water partition coefficient (Wildman–Crippen LogP) is 4.39. The highest BCUT2D eigenvalue weighted by Gasteiger charge is 2.80. The first-order chi connectivity index (χ1) is 10.4. The third-order valence-electron chi connectivity index (χ3n) is 9.90. The molecule has 0 aromatic carbocycles. The van der Waals surface area contributed by atoms with E-state index in [0.717, 1.165) is 6.42 Å². The summed E-state index contributed by atoms with van der Waals surface area (Å²) in [6, 6.07) is 0. The van der Waals surface area contributed by atoms with Crippen LogP contribution < -0.4 is 0 Å². The maximum atomic E-state index is 11.0. The highest BCUT2D eigenvalue weighted by atomic mass is 16.3. The minimum Gasteiger partial charge on any atom is -0.393 e. The van der Waals surface area contributed by atoms with Crippen LogP contribution in [0.5, 0.6) is 0 Å². The van der Waals surface area contributed by atoms with Crippen molar-refractivity contribution in [2.24, 2.45) is 38.9 Å². The largest absolute Gasteiger partial charge is 0.393 e. The van der Waals surface area contributed by atoms with Gasteiger partial charge in [0.1, 0.15) is 0 Å². The number of fused-ring (bicyclic) bond motifs is 2. The van der Waals surface area contributed by atoms with Crippen molar-refractivity contribution < 1.29 is 10.2 Å². The molecule has 0 aromatic rings. The topological polar surface area (TPSA) is 40.5 Å². The van der Waals surface area contributed by atoms with Crippen LogP contribution in [-0.2, 0) is 0 Å². The Labute approximate surface area is 142 Å². The van der Waals surface area contributed by atoms with Gasteiger partial charge in [0.05, 0.1) is 12.2 Å². The van der Waals surface area contributed by atoms with Crippen LogP contribution in [-0.4, -0.2) is 22.4 Å². The van der Waals surface area contributed by atoms with E-state index in [4.69, 9.17) is 0 Å². The second kappa shape index (κ2) is 4.18. The van der Waals surface area contributed by atoms with E-state index in [9.17, 15) is 10.2 Å². The molecule has 0 aliphatic heterocycles. The second-order valence-electron chi connectivity index (χ2n) is 11.2. The molecule has 0 aromatic heterocycles. The molecular weight excluding hydrogens is 284 g/mol. The summed E-state index contributed by atoms with van der Waals surface area (Å²) in [7, 11) is 0. The van der Waals surface area contributed by atoms with E-state index in [1.54, 1.807) is 0 Å². The molecule has 3 unspecified atom stereocenters. The Morgan fingerprint density at radius 1 is 0.826 bits per heavy atom. The molecule has 0 heterocycles. The second-order valence-corrected chi connectivity index (χ2v) is 11.2. The normalized spacial score (nSPS) is 63.7. The van der Waals surface area contributed by atoms with Gasteiger partial charge in [0.15, 0.2) is 0 Å². The number of rotatable bonds is 0. The number of aliphatic hydroxyl groups is 2. The molecule has 2 nitrogen and oxygen atoms in total. The summed E-state index contributed by atoms with van der Waals surface area (Å²) in [5, 5.41) is 21.8. The molecule has 0 amide bonds. The molecule has 0 radical (unpaired) electrons. The van der Waals surface area contributed by atoms with Gasteiger partial charge >= 0.3 is 0 Å². The molecule has 0 bridgehead atoms. The number of aliphatic hydroxyl groups excluding tert-OH is 2. The van der Waals surface area contributed by atoms with Gasteiger partial charge in [0.2, 0.25) is 0 Å². The summed E-state index contributed by atoms with van der Waals surface area (Å²) >= 11 is 0. The molecule has 4 saturated carbocycles. The van der Waals surface area contributed by atoms with Gasteiger partial charge in [-0.2, -0.15) is 0 Å². The molecule has 8 atom stereocenters. The maximum Gasteiger partial charge on any atom is 0.0624 e. The average Bonchev–Trinajstić information content (AvgIpc) is 2.91. The van der Waals surface area contributed by atoms with Gasteiger partial charge in [-0.25, -0.2) is 0 Å². The Bertz CT molecular complexity index is 542. The molecule has 1 spiro atoms. The number of hydrogen-bond acceptors (Lipinski definition) is 2. The van der Waals surface area contributed by atoms with Gasteiger partial charge in [-0.15, -0.1) is 0 Å². The Morgan fingerprint density at radius 2 is 1.43 bits per heavy atom. The third-order valence-corrected chi connectivity index (χ3v) is 9.90. The lowest BCUT2D eigenvalue weighted by molar-refractivity contribution is -0.193. The highest BCUT2D eigenvalue weighted by molar-refractivity contribution is 5.28. The van der Waals surface area contributed by atoms with E-state index in [-0.39, 0.29) is 28.5 Å². The van der Waals surface area contributed by atoms with Gasteiger partial charge < -0.3 is 10.2 Å². The molecular formula is C21H36O2. The lowest BCUT2D eigenvalue weighted by Crippen LogP contribution is -2.60. The van der Waals surface area contributed by atoms with Gasteiger partial charge in [-0.1, -0.05) is 41.5 Å². The fourth-order valence-electron chi connectivity index (χ4n) is 9.41. The summed E-state index contributed by atoms with van der Waals surface area (Å²) in [5.74, 6) is 1.01. The lowest BCUT2D eigenvalue weighted by atomic mass is 9.45. The van der Waals surface area contributed by atoms with Gasteiger partial charge in [-0.05, 0) is 65.6 Å². The van der Waals surface area contributed by atoms with E-state index >= 15 is 0 Å². The minimum atomic E-state index is -0.346. The maximum absolute atomic E-state index is 11.0. The molecule has 2 heteroatoms. The van der Waals surface area contributed by atoms with E-state index in [0.29, 0.717) is 29.1 Å². The summed E-state index contributed by atoms with van der Waals surface area (Å²) in [4.78, 5) is 0. The molecule has 4 aliphatic rings. The van der Waals surface area contributed by atoms with E-state index in [1.807, 2.05) is 0 Å². The Kier molecular flexibility index (Phi) is 2.98. The van der Waals surface area contributed by atoms with Crippen molar-refractivity contribution in [1.29, 1.82) is 0 Å². The zero-order valence-corrected chi connectivity index (χ0v) is 15.9. The van der Waals surface area contributed by atoms with Gasteiger partial charge in [0.25, 0.3) is 0 Å². The van der Waals surface area contributed by atoms with E-state index in [1.165, 1.54) is 25.7 Å². The fraction of sp³-hybridized carbons (Fsp3) is 1.00. The van der Waals surface area contributed by atoms with Crippen LogP contribution in [0.4, 0.5) is 0 Å². The summed E-state index contributed by atoms with van der Waals surface area (Å²) in [6.45, 7) is 14.6. The summed E-state index contributed by atoms with van der Waals surface area (Å²) < 4.78 is 0. The smallest absolute Gasteiger partial charge is 0.0624 e. The van der Waals surface area contributed by atoms with Crippen molar-refractivity contribution in [1.82, 2.24) is 0 Å². The SMILES string of the molecule is C[C@H]1[C@H](O)CC(O)[C@]2(C)CC[C@@]3(C)C4C(C)(C)CC[C@]4(C)CC123. The van der Waals surface area contributed by atoms with Gasteiger partial charge in [-0.3, -0.25) is 0 Å². The standard InChI is InChI=1S/C21H36O2/c1-13-14(22)11-15(23)19(5)9-10-20(6)16-17(2,3)7-8-18(16,4)12-21(13,19)20/h13-16,22-23H,7-12H2,1-6H3/t13-,14+,15?,16?,18+,19-,20-,21?/m0/s1. The first-order valence-corrected chi connectivity index (χ1v) is 9.81. The van der Waals surface area contributed by atoms with Crippen LogP contribution in [0.25, 0.3) is 0 Å². The van der Waals surface area contributed by atoms with Crippen molar-refractivity contribution in [3.05, 3.63) is 0 Å². The van der Waals surface area contributed by atoms with Gasteiger partial charge in [0, 0.05) is 11.8 Å². The zero-order chi connectivity index (χ0) is 17.1. The predicted molar refractivity (Wildman–Crippen MR) is 92.9 cm³/mol. The molecule has 4 aliphatic carbocycles. The first-order valence-electron chi connectivity index (χ1n) is 9.81. The quantitative estimate of drug-likeness (QED) is 0.695. The zero-order valence-electron chi connectivity index (χ0n) is 15.9. The third kappa shape index (κ3) is 1.51. The van der Waals surface area contributed by atoms with Crippen LogP contribution in [0, 0.1) is 38.9 Å². The Morgan fingerprint density at radius 3 is 2.09 bits per heavy atom. The van der Waals surface area contributed by atoms with Crippen molar-refractivity contribution >= 4 is 0 Å². The van der Waals surface area contributed by atoms with Crippen LogP contribution >= 0.6 is 0 Å². The highest BCUT2D eigenvalue weighted by Crippen LogP contribution is 2.85. The van der Waals surface area contributed by atoms with Crippen LogP contribution in [0.2, 0.25) is 0 Å². The minimum absolute atomic E-state index is 0.0240. The molecule has 4 rings (SSSR count). The molecule has 23 heavy (non-hydrogen) atoms. The van der Waals surface area contributed by atoms with Crippen molar-refractivity contribution in [2.75, 3.05) is 0 Å². The summed E-state index contributed by atoms with van der Waals surface area (Å²) in [5.41, 5.74) is 1.08. The molecule has 132 valence electrons. The Hall–Kier alpha value is -0.0800. The first kappa shape index (κ1) is 16.4. The van der Waals surface area contributed by atoms with Crippen molar-refractivity contribution in [2.45, 2.75) is 92.3 Å². The lowest BCUT2D eigenvalue weighted by Gasteiger charge is -2.60. The summed E-state index contributed by atoms with van der Waals surface area (Å²) in [6.07, 6.45) is 6.08. The van der Waals surface area contributed by atoms with Crippen LogP contribution in [0.15, 0.2) is 0 Å². The molecule has 0 saturated heterocycles. The van der Waals surface area contributed by atoms with E-state index in [2.05, 4.69) is 41.5 Å².